The Morgan fingerprint density at radius 1 is 1.50 bits per heavy atom. The molecule has 0 aliphatic carbocycles. The highest BCUT2D eigenvalue weighted by molar-refractivity contribution is 6.08. The van der Waals surface area contributed by atoms with Gasteiger partial charge in [-0.2, -0.15) is 0 Å². The second-order valence-electron chi connectivity index (χ2n) is 3.50. The third-order valence-corrected chi connectivity index (χ3v) is 2.79. The van der Waals surface area contributed by atoms with Crippen LogP contribution in [0.25, 0.3) is 0 Å². The largest absolute Gasteiger partial charge is 0.381 e. The molecule has 1 aliphatic rings. The van der Waals surface area contributed by atoms with Gasteiger partial charge in [-0.15, -0.1) is 0 Å². The molecule has 0 N–H and O–H groups in total. The zero-order chi connectivity index (χ0) is 8.86. The minimum absolute atomic E-state index is 0.353. The highest BCUT2D eigenvalue weighted by atomic mass is 28.1. The number of hydrogen-bond donors (Lipinski definition) is 0. The van der Waals surface area contributed by atoms with Crippen molar-refractivity contribution in [3.05, 3.63) is 0 Å². The van der Waals surface area contributed by atoms with Gasteiger partial charge in [-0.25, -0.2) is 0 Å². The van der Waals surface area contributed by atoms with Crippen molar-refractivity contribution in [1.29, 1.82) is 0 Å². The second kappa shape index (κ2) is 4.99. The van der Waals surface area contributed by atoms with Gasteiger partial charge >= 0.3 is 0 Å². The molecule has 0 unspecified atom stereocenters. The van der Waals surface area contributed by atoms with Crippen LogP contribution in [-0.4, -0.2) is 36.7 Å². The van der Waals surface area contributed by atoms with Crippen LogP contribution in [0.2, 0.25) is 6.04 Å². The fraction of sp³-hybridized carbons (Fsp3) is 1.00. The van der Waals surface area contributed by atoms with Crippen molar-refractivity contribution in [2.75, 3.05) is 26.4 Å². The number of hydrogen-bond acceptors (Lipinski definition) is 2. The van der Waals surface area contributed by atoms with Crippen molar-refractivity contribution in [1.82, 2.24) is 0 Å². The molecule has 1 rings (SSSR count). The average Bonchev–Trinajstić information content (AvgIpc) is 2.02. The topological polar surface area (TPSA) is 18.5 Å². The van der Waals surface area contributed by atoms with Crippen LogP contribution < -0.4 is 0 Å². The first-order valence-corrected chi connectivity index (χ1v) is 5.34. The molecule has 0 aromatic carbocycles. The molecular weight excluding hydrogens is 168 g/mol. The summed E-state index contributed by atoms with van der Waals surface area (Å²) >= 11 is 0. The third kappa shape index (κ3) is 2.57. The Morgan fingerprint density at radius 2 is 2.25 bits per heavy atom. The molecule has 0 saturated carbocycles. The lowest BCUT2D eigenvalue weighted by Crippen LogP contribution is -2.45. The Hall–Kier alpha value is 0.137. The van der Waals surface area contributed by atoms with Gasteiger partial charge in [0.2, 0.25) is 0 Å². The Morgan fingerprint density at radius 3 is 2.67 bits per heavy atom. The summed E-state index contributed by atoms with van der Waals surface area (Å²) in [7, 11) is 3.42. The molecule has 0 atom stereocenters. The summed E-state index contributed by atoms with van der Waals surface area (Å²) in [6, 6.07) is 1.02. The van der Waals surface area contributed by atoms with E-state index in [1.54, 1.807) is 0 Å². The molecule has 0 spiro atoms. The first kappa shape index (κ1) is 10.2. The van der Waals surface area contributed by atoms with Crippen LogP contribution >= 0.6 is 0 Å². The van der Waals surface area contributed by atoms with E-state index in [-0.39, 0.29) is 0 Å². The smallest absolute Gasteiger partial charge is 0.0566 e. The lowest BCUT2D eigenvalue weighted by atomic mass is 9.84. The van der Waals surface area contributed by atoms with Crippen LogP contribution in [0.4, 0.5) is 0 Å². The van der Waals surface area contributed by atoms with Crippen LogP contribution in [0.15, 0.2) is 0 Å². The molecule has 0 aromatic rings. The molecule has 1 fully saturated rings. The van der Waals surface area contributed by atoms with E-state index in [1.807, 2.05) is 0 Å². The van der Waals surface area contributed by atoms with Crippen molar-refractivity contribution < 1.29 is 9.47 Å². The molecule has 0 amide bonds. The highest BCUT2D eigenvalue weighted by Gasteiger charge is 2.36. The van der Waals surface area contributed by atoms with E-state index in [1.165, 1.54) is 6.42 Å². The lowest BCUT2D eigenvalue weighted by Gasteiger charge is -2.40. The van der Waals surface area contributed by atoms with E-state index < -0.39 is 0 Å². The van der Waals surface area contributed by atoms with E-state index >= 15 is 0 Å². The van der Waals surface area contributed by atoms with Gasteiger partial charge in [0, 0.05) is 22.3 Å². The Bertz CT molecular complexity index is 118. The van der Waals surface area contributed by atoms with Crippen molar-refractivity contribution >= 4 is 10.2 Å². The summed E-state index contributed by atoms with van der Waals surface area (Å²) in [5.74, 6) is 0. The average molecular weight is 185 g/mol. The molecule has 2 nitrogen and oxygen atoms in total. The van der Waals surface area contributed by atoms with Gasteiger partial charge in [-0.05, 0) is 12.8 Å². The molecular formula is C9H17O2Si. The highest BCUT2D eigenvalue weighted by Crippen LogP contribution is 2.31. The molecule has 0 bridgehead atoms. The Balaban J connectivity index is 2.04. The summed E-state index contributed by atoms with van der Waals surface area (Å²) in [5, 5.41) is 0. The normalized spacial score (nSPS) is 20.5. The molecule has 3 heteroatoms. The van der Waals surface area contributed by atoms with Gasteiger partial charge in [0.15, 0.2) is 0 Å². The van der Waals surface area contributed by atoms with E-state index in [0.29, 0.717) is 5.41 Å². The van der Waals surface area contributed by atoms with Gasteiger partial charge in [-0.1, -0.05) is 13.0 Å². The predicted molar refractivity (Wildman–Crippen MR) is 49.5 cm³/mol. The van der Waals surface area contributed by atoms with Gasteiger partial charge in [0.25, 0.3) is 0 Å². The minimum atomic E-state index is 0.353. The van der Waals surface area contributed by atoms with Gasteiger partial charge in [-0.3, -0.25) is 0 Å². The van der Waals surface area contributed by atoms with Crippen LogP contribution in [-0.2, 0) is 9.47 Å². The quantitative estimate of drug-likeness (QED) is 0.460. The van der Waals surface area contributed by atoms with E-state index in [0.717, 1.165) is 38.9 Å². The maximum atomic E-state index is 5.56. The standard InChI is InChI=1S/C9H17O2Si/c1-2-9(7-11-8-9)6-10-4-3-5-12/h2-8H2,1H3. The van der Waals surface area contributed by atoms with Gasteiger partial charge < -0.3 is 9.47 Å². The molecule has 0 aromatic heterocycles. The molecule has 3 radical (unpaired) electrons. The van der Waals surface area contributed by atoms with Crippen molar-refractivity contribution in [3.8, 4) is 0 Å². The fourth-order valence-electron chi connectivity index (χ4n) is 1.24. The Kier molecular flexibility index (Phi) is 4.25. The lowest BCUT2D eigenvalue weighted by molar-refractivity contribution is -0.150. The summed E-state index contributed by atoms with van der Waals surface area (Å²) in [4.78, 5) is 0. The summed E-state index contributed by atoms with van der Waals surface area (Å²) in [6.45, 7) is 5.71. The van der Waals surface area contributed by atoms with Crippen molar-refractivity contribution in [2.24, 2.45) is 5.41 Å². The van der Waals surface area contributed by atoms with Crippen LogP contribution in [0.3, 0.4) is 0 Å². The van der Waals surface area contributed by atoms with E-state index in [9.17, 15) is 0 Å². The summed E-state index contributed by atoms with van der Waals surface area (Å²) < 4.78 is 10.8. The second-order valence-corrected chi connectivity index (χ2v) is 4.00. The first-order chi connectivity index (χ1) is 5.83. The van der Waals surface area contributed by atoms with Crippen molar-refractivity contribution in [3.63, 3.8) is 0 Å². The van der Waals surface area contributed by atoms with E-state index in [4.69, 9.17) is 9.47 Å². The van der Waals surface area contributed by atoms with Crippen LogP contribution in [0.5, 0.6) is 0 Å². The summed E-state index contributed by atoms with van der Waals surface area (Å²) in [5.41, 5.74) is 0.353. The maximum Gasteiger partial charge on any atom is 0.0566 e. The molecule has 1 heterocycles. The third-order valence-electron chi connectivity index (χ3n) is 2.44. The number of ether oxygens (including phenoxy) is 2. The summed E-state index contributed by atoms with van der Waals surface area (Å²) in [6.07, 6.45) is 2.26. The predicted octanol–water partition coefficient (Wildman–Crippen LogP) is 1.41. The monoisotopic (exact) mass is 185 g/mol. The van der Waals surface area contributed by atoms with Crippen LogP contribution in [0.1, 0.15) is 19.8 Å². The zero-order valence-electron chi connectivity index (χ0n) is 7.77. The maximum absolute atomic E-state index is 5.56. The van der Waals surface area contributed by atoms with E-state index in [2.05, 4.69) is 17.2 Å². The molecule has 1 aliphatic heterocycles. The Labute approximate surface area is 78.1 Å². The zero-order valence-corrected chi connectivity index (χ0v) is 8.77. The SMILES string of the molecule is CCC1(COCCC[Si])COC1. The van der Waals surface area contributed by atoms with Gasteiger partial charge in [0.1, 0.15) is 0 Å². The molecule has 1 saturated heterocycles. The molecule has 12 heavy (non-hydrogen) atoms. The number of rotatable bonds is 6. The minimum Gasteiger partial charge on any atom is -0.381 e. The van der Waals surface area contributed by atoms with Gasteiger partial charge in [0.05, 0.1) is 19.8 Å². The molecule has 69 valence electrons. The van der Waals surface area contributed by atoms with Crippen LogP contribution in [0, 0.1) is 5.41 Å². The first-order valence-electron chi connectivity index (χ1n) is 4.63. The fourth-order valence-corrected chi connectivity index (χ4v) is 1.39. The van der Waals surface area contributed by atoms with Crippen molar-refractivity contribution in [2.45, 2.75) is 25.8 Å².